The Morgan fingerprint density at radius 2 is 1.87 bits per heavy atom. The summed E-state index contributed by atoms with van der Waals surface area (Å²) in [7, 11) is -3.25. The molecule has 4 N–H and O–H groups in total. The highest BCUT2D eigenvalue weighted by Crippen LogP contribution is 2.28. The molecule has 0 aromatic heterocycles. The third-order valence-electron chi connectivity index (χ3n) is 5.11. The quantitative estimate of drug-likeness (QED) is 0.611. The highest BCUT2D eigenvalue weighted by molar-refractivity contribution is 7.90. The van der Waals surface area contributed by atoms with Gasteiger partial charge in [0.15, 0.2) is 9.84 Å². The van der Waals surface area contributed by atoms with E-state index in [1.54, 1.807) is 12.1 Å². The zero-order valence-corrected chi connectivity index (χ0v) is 17.4. The van der Waals surface area contributed by atoms with Crippen LogP contribution in [0.2, 0.25) is 0 Å². The average Bonchev–Trinajstić information content (AvgIpc) is 2.63. The normalized spacial score (nSPS) is 19.5. The van der Waals surface area contributed by atoms with Crippen molar-refractivity contribution in [1.82, 2.24) is 10.6 Å². The topological polar surface area (TPSA) is 101 Å². The van der Waals surface area contributed by atoms with Crippen LogP contribution in [0.25, 0.3) is 0 Å². The van der Waals surface area contributed by atoms with Crippen molar-refractivity contribution in [2.45, 2.75) is 37.2 Å². The molecule has 0 spiro atoms. The predicted molar refractivity (Wildman–Crippen MR) is 110 cm³/mol. The molecule has 2 unspecified atom stereocenters. The molecule has 1 heterocycles. The van der Waals surface area contributed by atoms with Gasteiger partial charge in [0, 0.05) is 37.7 Å². The Morgan fingerprint density at radius 3 is 2.53 bits per heavy atom. The van der Waals surface area contributed by atoms with Crippen LogP contribution in [0, 0.1) is 11.6 Å². The predicted octanol–water partition coefficient (Wildman–Crippen LogP) is 1.60. The van der Waals surface area contributed by atoms with Crippen molar-refractivity contribution in [3.05, 3.63) is 70.8 Å². The number of carbonyl (C=O) groups is 1. The van der Waals surface area contributed by atoms with E-state index in [0.29, 0.717) is 5.56 Å². The second kappa shape index (κ2) is 9.20. The van der Waals surface area contributed by atoms with Gasteiger partial charge >= 0.3 is 0 Å². The molecule has 0 aliphatic carbocycles. The van der Waals surface area contributed by atoms with Gasteiger partial charge in [-0.2, -0.15) is 0 Å². The first-order valence-corrected chi connectivity index (χ1v) is 11.4. The third kappa shape index (κ3) is 5.84. The molecule has 2 aromatic carbocycles. The fourth-order valence-electron chi connectivity index (χ4n) is 3.79. The maximum Gasteiger partial charge on any atom is 0.217 e. The molecule has 1 aliphatic heterocycles. The molecule has 162 valence electrons. The van der Waals surface area contributed by atoms with Crippen LogP contribution < -0.4 is 16.4 Å². The number of carbonyl (C=O) groups excluding carboxylic acids is 1. The van der Waals surface area contributed by atoms with E-state index in [4.69, 9.17) is 5.73 Å². The van der Waals surface area contributed by atoms with Crippen LogP contribution in [-0.4, -0.2) is 38.7 Å². The molecule has 3 rings (SSSR count). The highest BCUT2D eigenvalue weighted by Gasteiger charge is 2.30. The van der Waals surface area contributed by atoms with Crippen LogP contribution >= 0.6 is 0 Å². The molecule has 9 heteroatoms. The summed E-state index contributed by atoms with van der Waals surface area (Å²) in [5.74, 6) is -1.77. The number of benzene rings is 2. The first-order chi connectivity index (χ1) is 14.1. The number of hydrogen-bond acceptors (Lipinski definition) is 5. The number of amides is 1. The molecule has 0 radical (unpaired) electrons. The highest BCUT2D eigenvalue weighted by atomic mass is 32.2. The lowest BCUT2D eigenvalue weighted by molar-refractivity contribution is -0.119. The second-order valence-corrected chi connectivity index (χ2v) is 9.78. The number of hydrogen-bond donors (Lipinski definition) is 3. The summed E-state index contributed by atoms with van der Waals surface area (Å²) in [5.41, 5.74) is 8.31. The summed E-state index contributed by atoms with van der Waals surface area (Å²) >= 11 is 0. The molecular formula is C21H25F2N3O3S. The fraction of sp³-hybridized carbons (Fsp3) is 0.381. The SMILES string of the molecule is CC(=O)N[C@@H](Cc1cc(F)cc(F)c1)C(N)CNC1CS(=O)(=O)Cc2ccccc21. The first-order valence-electron chi connectivity index (χ1n) is 9.62. The Hall–Kier alpha value is -2.36. The summed E-state index contributed by atoms with van der Waals surface area (Å²) in [6.07, 6.45) is 0.136. The van der Waals surface area contributed by atoms with Gasteiger partial charge in [-0.05, 0) is 35.2 Å². The van der Waals surface area contributed by atoms with Gasteiger partial charge in [-0.1, -0.05) is 24.3 Å². The van der Waals surface area contributed by atoms with Crippen molar-refractivity contribution in [3.8, 4) is 0 Å². The number of nitrogens with one attached hydrogen (secondary N) is 2. The van der Waals surface area contributed by atoms with Crippen LogP contribution in [0.5, 0.6) is 0 Å². The Balaban J connectivity index is 1.73. The van der Waals surface area contributed by atoms with E-state index in [1.807, 2.05) is 12.1 Å². The molecule has 0 fully saturated rings. The van der Waals surface area contributed by atoms with E-state index in [9.17, 15) is 22.0 Å². The maximum absolute atomic E-state index is 13.5. The monoisotopic (exact) mass is 437 g/mol. The lowest BCUT2D eigenvalue weighted by Gasteiger charge is -2.30. The molecule has 0 saturated carbocycles. The summed E-state index contributed by atoms with van der Waals surface area (Å²) in [6.45, 7) is 1.54. The van der Waals surface area contributed by atoms with E-state index in [1.165, 1.54) is 19.1 Å². The molecular weight excluding hydrogens is 412 g/mol. The molecule has 1 aliphatic rings. The molecule has 0 saturated heterocycles. The lowest BCUT2D eigenvalue weighted by atomic mass is 9.98. The summed E-state index contributed by atoms with van der Waals surface area (Å²) in [5, 5.41) is 5.91. The van der Waals surface area contributed by atoms with Crippen molar-refractivity contribution in [3.63, 3.8) is 0 Å². The number of rotatable bonds is 7. The van der Waals surface area contributed by atoms with Gasteiger partial charge in [-0.15, -0.1) is 0 Å². The number of halogens is 2. The minimum Gasteiger partial charge on any atom is -0.352 e. The fourth-order valence-corrected chi connectivity index (χ4v) is 5.45. The molecule has 6 nitrogen and oxygen atoms in total. The minimum atomic E-state index is -3.25. The van der Waals surface area contributed by atoms with Gasteiger partial charge in [0.1, 0.15) is 11.6 Å². The Morgan fingerprint density at radius 1 is 1.20 bits per heavy atom. The molecule has 3 atom stereocenters. The van der Waals surface area contributed by atoms with Crippen molar-refractivity contribution >= 4 is 15.7 Å². The number of fused-ring (bicyclic) bond motifs is 1. The Kier molecular flexibility index (Phi) is 6.84. The largest absolute Gasteiger partial charge is 0.352 e. The standard InChI is InChI=1S/C21H25F2N3O3S/c1-13(27)26-20(8-14-6-16(22)9-17(23)7-14)19(24)10-25-21-12-30(28,29)11-15-4-2-3-5-18(15)21/h2-7,9,19-21,25H,8,10-12,24H2,1H3,(H,26,27)/t19?,20-,21?/m0/s1. The van der Waals surface area contributed by atoms with E-state index in [2.05, 4.69) is 10.6 Å². The van der Waals surface area contributed by atoms with Gasteiger partial charge in [-0.3, -0.25) is 4.79 Å². The number of sulfone groups is 1. The van der Waals surface area contributed by atoms with Crippen LogP contribution in [0.1, 0.15) is 29.7 Å². The van der Waals surface area contributed by atoms with Crippen molar-refractivity contribution in [2.75, 3.05) is 12.3 Å². The Bertz CT molecular complexity index is 1010. The zero-order chi connectivity index (χ0) is 21.9. The molecule has 0 bridgehead atoms. The molecule has 30 heavy (non-hydrogen) atoms. The number of nitrogens with two attached hydrogens (primary N) is 1. The third-order valence-corrected chi connectivity index (χ3v) is 6.70. The smallest absolute Gasteiger partial charge is 0.217 e. The van der Waals surface area contributed by atoms with Crippen molar-refractivity contribution < 1.29 is 22.0 Å². The lowest BCUT2D eigenvalue weighted by Crippen LogP contribution is -2.53. The second-order valence-electron chi connectivity index (χ2n) is 7.67. The van der Waals surface area contributed by atoms with Crippen molar-refractivity contribution in [1.29, 1.82) is 0 Å². The van der Waals surface area contributed by atoms with E-state index in [-0.39, 0.29) is 30.4 Å². The van der Waals surface area contributed by atoms with Gasteiger partial charge in [0.05, 0.1) is 11.5 Å². The average molecular weight is 438 g/mol. The molecule has 1 amide bonds. The van der Waals surface area contributed by atoms with Gasteiger partial charge in [-0.25, -0.2) is 17.2 Å². The van der Waals surface area contributed by atoms with E-state index in [0.717, 1.165) is 17.2 Å². The van der Waals surface area contributed by atoms with Crippen molar-refractivity contribution in [2.24, 2.45) is 5.73 Å². The van der Waals surface area contributed by atoms with Gasteiger partial charge < -0.3 is 16.4 Å². The zero-order valence-electron chi connectivity index (χ0n) is 16.6. The molecule has 2 aromatic rings. The van der Waals surface area contributed by atoms with Crippen LogP contribution in [0.3, 0.4) is 0 Å². The minimum absolute atomic E-state index is 0.00700. The van der Waals surface area contributed by atoms with Crippen LogP contribution in [0.4, 0.5) is 8.78 Å². The first kappa shape index (κ1) is 22.3. The van der Waals surface area contributed by atoms with Gasteiger partial charge in [0.2, 0.25) is 5.91 Å². The summed E-state index contributed by atoms with van der Waals surface area (Å²) < 4.78 is 51.5. The Labute approximate surface area is 174 Å². The van der Waals surface area contributed by atoms with Crippen LogP contribution in [0.15, 0.2) is 42.5 Å². The van der Waals surface area contributed by atoms with E-state index >= 15 is 0 Å². The summed E-state index contributed by atoms with van der Waals surface area (Å²) in [4.78, 5) is 11.6. The van der Waals surface area contributed by atoms with Gasteiger partial charge in [0.25, 0.3) is 0 Å². The van der Waals surface area contributed by atoms with Crippen LogP contribution in [-0.2, 0) is 26.8 Å². The van der Waals surface area contributed by atoms with E-state index < -0.39 is 39.6 Å². The maximum atomic E-state index is 13.5. The summed E-state index contributed by atoms with van der Waals surface area (Å²) in [6, 6.07) is 8.87.